The van der Waals surface area contributed by atoms with Gasteiger partial charge in [0.05, 0.1) is 29.7 Å². The van der Waals surface area contributed by atoms with Crippen molar-refractivity contribution < 1.29 is 27.4 Å². The fraction of sp³-hybridized carbons (Fsp3) is 0.464. The lowest BCUT2D eigenvalue weighted by Gasteiger charge is -2.46. The van der Waals surface area contributed by atoms with Gasteiger partial charge in [-0.05, 0) is 81.8 Å². The van der Waals surface area contributed by atoms with Crippen molar-refractivity contribution in [3.63, 3.8) is 0 Å². The fourth-order valence-corrected chi connectivity index (χ4v) is 5.75. The smallest absolute Gasteiger partial charge is 0.416 e. The average Bonchev–Trinajstić information content (AvgIpc) is 3.01. The maximum Gasteiger partial charge on any atom is 0.416 e. The first-order valence-corrected chi connectivity index (χ1v) is 12.1. The van der Waals surface area contributed by atoms with Gasteiger partial charge in [0, 0.05) is 37.0 Å². The summed E-state index contributed by atoms with van der Waals surface area (Å²) in [5.41, 5.74) is -0.515. The molecule has 0 aromatic heterocycles. The summed E-state index contributed by atoms with van der Waals surface area (Å²) in [7, 11) is 1.83. The van der Waals surface area contributed by atoms with Crippen LogP contribution in [-0.2, 0) is 16.3 Å². The normalized spacial score (nSPS) is 23.4. The minimum Gasteiger partial charge on any atom is -0.463 e. The first-order valence-electron chi connectivity index (χ1n) is 12.1. The predicted molar refractivity (Wildman–Crippen MR) is 133 cm³/mol. The summed E-state index contributed by atoms with van der Waals surface area (Å²) in [6, 6.07) is 9.24. The zero-order valence-corrected chi connectivity index (χ0v) is 21.2. The molecule has 3 aliphatic rings. The quantitative estimate of drug-likeness (QED) is 0.519. The molecule has 8 heteroatoms. The van der Waals surface area contributed by atoms with E-state index in [0.717, 1.165) is 11.6 Å². The summed E-state index contributed by atoms with van der Waals surface area (Å²) >= 11 is 0. The van der Waals surface area contributed by atoms with Gasteiger partial charge in [0.15, 0.2) is 5.78 Å². The molecule has 1 unspecified atom stereocenters. The summed E-state index contributed by atoms with van der Waals surface area (Å²) in [5.74, 6) is 0.605. The zero-order valence-electron chi connectivity index (χ0n) is 21.2. The van der Waals surface area contributed by atoms with Gasteiger partial charge in [0.1, 0.15) is 5.75 Å². The predicted octanol–water partition coefficient (Wildman–Crippen LogP) is 5.53. The highest BCUT2D eigenvalue weighted by Gasteiger charge is 2.58. The van der Waals surface area contributed by atoms with Crippen LogP contribution in [0.5, 0.6) is 5.75 Å². The van der Waals surface area contributed by atoms with Crippen molar-refractivity contribution in [2.45, 2.75) is 50.6 Å². The van der Waals surface area contributed by atoms with Crippen LogP contribution < -0.4 is 9.64 Å². The van der Waals surface area contributed by atoms with Crippen molar-refractivity contribution in [3.8, 4) is 5.75 Å². The SMILES string of the molecule is CN1c2ccc(C(F)(F)F)cc2C(C)(C)C12C=Cc1cc(C(=O)C(C)(C)N3CCOCC3)ccc1O2. The molecule has 36 heavy (non-hydrogen) atoms. The number of anilines is 1. The number of nitrogens with zero attached hydrogens (tertiary/aromatic N) is 2. The van der Waals surface area contributed by atoms with Gasteiger partial charge in [-0.2, -0.15) is 13.2 Å². The van der Waals surface area contributed by atoms with Gasteiger partial charge in [-0.25, -0.2) is 0 Å². The zero-order chi connectivity index (χ0) is 26.1. The Balaban J connectivity index is 1.47. The van der Waals surface area contributed by atoms with Gasteiger partial charge in [-0.3, -0.25) is 9.69 Å². The van der Waals surface area contributed by atoms with Crippen LogP contribution in [0.3, 0.4) is 0 Å². The van der Waals surface area contributed by atoms with E-state index in [1.807, 2.05) is 57.9 Å². The second-order valence-electron chi connectivity index (χ2n) is 10.8. The molecule has 0 N–H and O–H groups in total. The Labute approximate surface area is 209 Å². The molecular weight excluding hydrogens is 469 g/mol. The molecule has 2 aromatic rings. The van der Waals surface area contributed by atoms with Gasteiger partial charge in [-0.1, -0.05) is 0 Å². The molecule has 1 fully saturated rings. The van der Waals surface area contributed by atoms with Crippen LogP contribution in [-0.4, -0.2) is 55.3 Å². The molecule has 192 valence electrons. The van der Waals surface area contributed by atoms with Crippen LogP contribution in [0.25, 0.3) is 6.08 Å². The summed E-state index contributed by atoms with van der Waals surface area (Å²) in [5, 5.41) is 0. The number of alkyl halides is 3. The van der Waals surface area contributed by atoms with E-state index in [1.165, 1.54) is 12.1 Å². The van der Waals surface area contributed by atoms with Crippen molar-refractivity contribution in [3.05, 3.63) is 64.7 Å². The lowest BCUT2D eigenvalue weighted by Crippen LogP contribution is -2.58. The number of rotatable bonds is 3. The number of halogens is 3. The topological polar surface area (TPSA) is 42.0 Å². The van der Waals surface area contributed by atoms with Crippen molar-refractivity contribution >= 4 is 17.5 Å². The van der Waals surface area contributed by atoms with E-state index in [9.17, 15) is 18.0 Å². The molecule has 2 aromatic carbocycles. The van der Waals surface area contributed by atoms with Crippen LogP contribution in [0, 0.1) is 0 Å². The molecular formula is C28H31F3N2O3. The summed E-state index contributed by atoms with van der Waals surface area (Å²) in [4.78, 5) is 17.5. The fourth-order valence-electron chi connectivity index (χ4n) is 5.75. The minimum absolute atomic E-state index is 0.0197. The molecule has 1 atom stereocenters. The van der Waals surface area contributed by atoms with E-state index in [-0.39, 0.29) is 5.78 Å². The average molecular weight is 501 g/mol. The third kappa shape index (κ3) is 3.57. The minimum atomic E-state index is -4.42. The van der Waals surface area contributed by atoms with Crippen LogP contribution in [0.4, 0.5) is 18.9 Å². The number of hydrogen-bond donors (Lipinski definition) is 0. The third-order valence-corrected chi connectivity index (χ3v) is 8.14. The molecule has 0 amide bonds. The standard InChI is InChI=1S/C28H31F3N2O3/c1-25(2)21-17-20(28(29,30)31)7-8-22(21)32(5)27(25)11-10-18-16-19(6-9-23(18)36-27)24(34)26(3,4)33-12-14-35-15-13-33/h6-11,16-17H,12-15H2,1-5H3. The maximum atomic E-state index is 13.5. The molecule has 5 nitrogen and oxygen atoms in total. The molecule has 1 saturated heterocycles. The Morgan fingerprint density at radius 3 is 2.39 bits per heavy atom. The second kappa shape index (κ2) is 8.08. The van der Waals surface area contributed by atoms with Gasteiger partial charge in [0.2, 0.25) is 5.72 Å². The molecule has 0 bridgehead atoms. The summed E-state index contributed by atoms with van der Waals surface area (Å²) in [6.45, 7) is 10.3. The first kappa shape index (κ1) is 24.8. The number of benzene rings is 2. The van der Waals surface area contributed by atoms with E-state index in [4.69, 9.17) is 9.47 Å². The molecule has 3 heterocycles. The monoisotopic (exact) mass is 500 g/mol. The number of carbonyl (C=O) groups is 1. The number of fused-ring (bicyclic) bond motifs is 2. The highest BCUT2D eigenvalue weighted by atomic mass is 19.4. The lowest BCUT2D eigenvalue weighted by molar-refractivity contribution is -0.137. The molecule has 0 radical (unpaired) electrons. The van der Waals surface area contributed by atoms with Gasteiger partial charge in [-0.15, -0.1) is 0 Å². The van der Waals surface area contributed by atoms with E-state index in [0.29, 0.717) is 48.9 Å². The second-order valence-corrected chi connectivity index (χ2v) is 10.8. The van der Waals surface area contributed by atoms with Crippen molar-refractivity contribution in [1.82, 2.24) is 4.90 Å². The van der Waals surface area contributed by atoms with Crippen LogP contribution >= 0.6 is 0 Å². The van der Waals surface area contributed by atoms with E-state index in [2.05, 4.69) is 4.90 Å². The molecule has 0 saturated carbocycles. The number of Topliss-reactive ketones (excluding diaryl/α,β-unsaturated/α-hetero) is 1. The van der Waals surface area contributed by atoms with Crippen LogP contribution in [0.15, 0.2) is 42.5 Å². The van der Waals surface area contributed by atoms with E-state index < -0.39 is 28.4 Å². The summed E-state index contributed by atoms with van der Waals surface area (Å²) in [6.07, 6.45) is -0.622. The Morgan fingerprint density at radius 2 is 1.72 bits per heavy atom. The number of morpholine rings is 1. The van der Waals surface area contributed by atoms with Crippen molar-refractivity contribution in [2.24, 2.45) is 0 Å². The maximum absolute atomic E-state index is 13.5. The Morgan fingerprint density at radius 1 is 1.03 bits per heavy atom. The van der Waals surface area contributed by atoms with E-state index in [1.54, 1.807) is 12.1 Å². The Kier molecular flexibility index (Phi) is 5.58. The number of ether oxygens (including phenoxy) is 2. The molecule has 5 rings (SSSR count). The molecule has 0 aliphatic carbocycles. The van der Waals surface area contributed by atoms with Gasteiger partial charge < -0.3 is 14.4 Å². The van der Waals surface area contributed by atoms with Crippen LogP contribution in [0.1, 0.15) is 54.7 Å². The Hall–Kier alpha value is -2.84. The number of ketones is 1. The van der Waals surface area contributed by atoms with Gasteiger partial charge >= 0.3 is 6.18 Å². The third-order valence-electron chi connectivity index (χ3n) is 8.14. The van der Waals surface area contributed by atoms with Crippen LogP contribution in [0.2, 0.25) is 0 Å². The number of likely N-dealkylation sites (N-methyl/N-ethyl adjacent to an activating group) is 1. The largest absolute Gasteiger partial charge is 0.463 e. The highest BCUT2D eigenvalue weighted by Crippen LogP contribution is 2.55. The van der Waals surface area contributed by atoms with Crippen molar-refractivity contribution in [1.29, 1.82) is 0 Å². The summed E-state index contributed by atoms with van der Waals surface area (Å²) < 4.78 is 52.3. The Bertz CT molecular complexity index is 1250. The van der Waals surface area contributed by atoms with Gasteiger partial charge in [0.25, 0.3) is 0 Å². The molecule has 1 spiro atoms. The van der Waals surface area contributed by atoms with E-state index >= 15 is 0 Å². The first-order chi connectivity index (χ1) is 16.8. The highest BCUT2D eigenvalue weighted by molar-refractivity contribution is 6.03. The number of hydrogen-bond acceptors (Lipinski definition) is 5. The van der Waals surface area contributed by atoms with Crippen molar-refractivity contribution in [2.75, 3.05) is 38.3 Å². The lowest BCUT2D eigenvalue weighted by atomic mass is 9.76. The number of carbonyl (C=O) groups excluding carboxylic acids is 1. The molecule has 3 aliphatic heterocycles.